The molecular weight excluding hydrogens is 438 g/mol. The van der Waals surface area contributed by atoms with Gasteiger partial charge in [-0.05, 0) is 36.4 Å². The molecule has 166 valence electrons. The van der Waals surface area contributed by atoms with Crippen LogP contribution >= 0.6 is 11.6 Å². The number of halogens is 1. The lowest BCUT2D eigenvalue weighted by Gasteiger charge is -2.15. The fourth-order valence-corrected chi connectivity index (χ4v) is 2.98. The first kappa shape index (κ1) is 22.6. The van der Waals surface area contributed by atoms with Gasteiger partial charge >= 0.3 is 11.9 Å². The Balaban J connectivity index is 1.96. The predicted octanol–water partition coefficient (Wildman–Crippen LogP) is 3.78. The normalized spacial score (nSPS) is 10.2. The third-order valence-electron chi connectivity index (χ3n) is 4.34. The van der Waals surface area contributed by atoms with Crippen LogP contribution in [-0.2, 0) is 9.47 Å². The van der Waals surface area contributed by atoms with Gasteiger partial charge in [0.25, 0.3) is 0 Å². The molecule has 1 heterocycles. The van der Waals surface area contributed by atoms with Crippen molar-refractivity contribution in [2.24, 2.45) is 0 Å². The molecule has 11 heteroatoms. The van der Waals surface area contributed by atoms with E-state index in [0.717, 1.165) is 0 Å². The van der Waals surface area contributed by atoms with E-state index in [9.17, 15) is 9.59 Å². The number of aromatic nitrogens is 2. The van der Waals surface area contributed by atoms with E-state index >= 15 is 0 Å². The maximum absolute atomic E-state index is 12.0. The molecular formula is C21H20ClN5O5. The Morgan fingerprint density at radius 2 is 1.50 bits per heavy atom. The van der Waals surface area contributed by atoms with Crippen molar-refractivity contribution >= 4 is 52.2 Å². The van der Waals surface area contributed by atoms with Gasteiger partial charge in [-0.1, -0.05) is 11.6 Å². The molecule has 0 bridgehead atoms. The van der Waals surface area contributed by atoms with Gasteiger partial charge < -0.3 is 30.6 Å². The van der Waals surface area contributed by atoms with Crippen molar-refractivity contribution < 1.29 is 23.8 Å². The van der Waals surface area contributed by atoms with Crippen LogP contribution in [0.15, 0.2) is 42.7 Å². The highest BCUT2D eigenvalue weighted by molar-refractivity contribution is 6.31. The number of rotatable bonds is 7. The summed E-state index contributed by atoms with van der Waals surface area (Å²) in [7, 11) is 4.01. The van der Waals surface area contributed by atoms with Crippen molar-refractivity contribution in [2.45, 2.75) is 0 Å². The Bertz CT molecular complexity index is 1140. The highest BCUT2D eigenvalue weighted by atomic mass is 35.5. The Hall–Kier alpha value is -4.05. The van der Waals surface area contributed by atoms with Crippen LogP contribution in [0.5, 0.6) is 5.75 Å². The minimum absolute atomic E-state index is 0.146. The molecule has 4 N–H and O–H groups in total. The highest BCUT2D eigenvalue weighted by Crippen LogP contribution is 2.34. The smallest absolute Gasteiger partial charge is 0.337 e. The maximum atomic E-state index is 12.0. The molecule has 0 aliphatic heterocycles. The summed E-state index contributed by atoms with van der Waals surface area (Å²) in [5.74, 6) is -0.174. The zero-order chi connectivity index (χ0) is 23.3. The van der Waals surface area contributed by atoms with E-state index in [-0.39, 0.29) is 22.6 Å². The van der Waals surface area contributed by atoms with E-state index in [1.54, 1.807) is 18.2 Å². The third kappa shape index (κ3) is 4.98. The van der Waals surface area contributed by atoms with E-state index < -0.39 is 11.9 Å². The first-order valence-electron chi connectivity index (χ1n) is 9.16. The number of nitrogen functional groups attached to an aromatic ring is 1. The monoisotopic (exact) mass is 457 g/mol. The molecule has 0 radical (unpaired) electrons. The molecule has 32 heavy (non-hydrogen) atoms. The molecule has 0 saturated carbocycles. The average Bonchev–Trinajstić information content (AvgIpc) is 2.80. The fraction of sp³-hybridized carbons (Fsp3) is 0.143. The number of nitrogens with zero attached hydrogens (tertiary/aromatic N) is 2. The summed E-state index contributed by atoms with van der Waals surface area (Å²) in [5.41, 5.74) is 7.64. The van der Waals surface area contributed by atoms with Crippen LogP contribution in [0.2, 0.25) is 5.02 Å². The van der Waals surface area contributed by atoms with Gasteiger partial charge in [0.2, 0.25) is 0 Å². The molecule has 0 unspecified atom stereocenters. The second-order valence-electron chi connectivity index (χ2n) is 6.36. The zero-order valence-corrected chi connectivity index (χ0v) is 18.2. The summed E-state index contributed by atoms with van der Waals surface area (Å²) in [6.45, 7) is 0. The zero-order valence-electron chi connectivity index (χ0n) is 17.4. The van der Waals surface area contributed by atoms with Gasteiger partial charge in [-0.15, -0.1) is 0 Å². The predicted molar refractivity (Wildman–Crippen MR) is 120 cm³/mol. The molecule has 0 fully saturated rings. The van der Waals surface area contributed by atoms with Crippen LogP contribution < -0.4 is 21.1 Å². The van der Waals surface area contributed by atoms with Crippen LogP contribution in [0, 0.1) is 0 Å². The number of ether oxygens (including phenoxy) is 3. The number of benzene rings is 2. The van der Waals surface area contributed by atoms with Crippen molar-refractivity contribution in [2.75, 3.05) is 37.7 Å². The molecule has 10 nitrogen and oxygen atoms in total. The minimum Gasteiger partial charge on any atom is -0.495 e. The molecule has 0 spiro atoms. The van der Waals surface area contributed by atoms with Gasteiger partial charge in [0.05, 0.1) is 38.1 Å². The third-order valence-corrected chi connectivity index (χ3v) is 4.57. The van der Waals surface area contributed by atoms with Crippen molar-refractivity contribution in [3.63, 3.8) is 0 Å². The van der Waals surface area contributed by atoms with Gasteiger partial charge in [0.15, 0.2) is 11.6 Å². The summed E-state index contributed by atoms with van der Waals surface area (Å²) < 4.78 is 14.8. The molecule has 1 aromatic heterocycles. The SMILES string of the molecule is COC(=O)c1cc(Nc2ncnc(Nc3cc(Cl)ccc3OC)c2N)cc(C(=O)OC)c1. The lowest BCUT2D eigenvalue weighted by molar-refractivity contribution is 0.0599. The summed E-state index contributed by atoms with van der Waals surface area (Å²) >= 11 is 6.08. The standard InChI is InChI=1S/C21H20ClN5O5/c1-30-16-5-4-13(22)9-15(16)27-19-17(23)18(24-10-25-19)26-14-7-11(20(28)31-2)6-12(8-14)21(29)32-3/h4-10H,23H2,1-3H3,(H2,24,25,26,27). The van der Waals surface area contributed by atoms with E-state index in [0.29, 0.717) is 28.0 Å². The highest BCUT2D eigenvalue weighted by Gasteiger charge is 2.16. The maximum Gasteiger partial charge on any atom is 0.337 e. The second-order valence-corrected chi connectivity index (χ2v) is 6.80. The number of carbonyl (C=O) groups is 2. The van der Waals surface area contributed by atoms with Gasteiger partial charge in [0.1, 0.15) is 17.8 Å². The molecule has 0 aliphatic rings. The fourth-order valence-electron chi connectivity index (χ4n) is 2.81. The van der Waals surface area contributed by atoms with E-state index in [1.807, 2.05) is 0 Å². The van der Waals surface area contributed by atoms with Crippen LogP contribution in [0.25, 0.3) is 0 Å². The number of nitrogens with one attached hydrogen (secondary N) is 2. The number of esters is 2. The van der Waals surface area contributed by atoms with Gasteiger partial charge in [-0.2, -0.15) is 0 Å². The number of methoxy groups -OCH3 is 3. The number of hydrogen-bond acceptors (Lipinski definition) is 10. The van der Waals surface area contributed by atoms with Gasteiger partial charge in [0, 0.05) is 10.7 Å². The lowest BCUT2D eigenvalue weighted by Crippen LogP contribution is -2.09. The van der Waals surface area contributed by atoms with Crippen LogP contribution in [0.4, 0.5) is 28.7 Å². The Morgan fingerprint density at radius 3 is 2.06 bits per heavy atom. The van der Waals surface area contributed by atoms with Crippen molar-refractivity contribution in [3.8, 4) is 5.75 Å². The Morgan fingerprint density at radius 1 is 0.906 bits per heavy atom. The average molecular weight is 458 g/mol. The molecule has 0 saturated heterocycles. The number of nitrogens with two attached hydrogens (primary N) is 1. The molecule has 2 aromatic carbocycles. The van der Waals surface area contributed by atoms with Crippen molar-refractivity contribution in [3.05, 3.63) is 58.9 Å². The van der Waals surface area contributed by atoms with E-state index in [1.165, 1.54) is 45.9 Å². The number of hydrogen-bond donors (Lipinski definition) is 3. The first-order chi connectivity index (χ1) is 15.4. The Kier molecular flexibility index (Phi) is 6.96. The van der Waals surface area contributed by atoms with Crippen molar-refractivity contribution in [1.29, 1.82) is 0 Å². The molecule has 0 atom stereocenters. The second kappa shape index (κ2) is 9.84. The quantitative estimate of drug-likeness (QED) is 0.449. The number of anilines is 5. The Labute approximate surface area is 188 Å². The van der Waals surface area contributed by atoms with Crippen LogP contribution in [0.3, 0.4) is 0 Å². The van der Waals surface area contributed by atoms with Crippen LogP contribution in [-0.4, -0.2) is 43.2 Å². The summed E-state index contributed by atoms with van der Waals surface area (Å²) in [6, 6.07) is 9.41. The molecule has 3 aromatic rings. The van der Waals surface area contributed by atoms with Gasteiger partial charge in [-0.3, -0.25) is 0 Å². The van der Waals surface area contributed by atoms with E-state index in [4.69, 9.17) is 31.5 Å². The number of carbonyl (C=O) groups excluding carboxylic acids is 2. The molecule has 3 rings (SSSR count). The van der Waals surface area contributed by atoms with Gasteiger partial charge in [-0.25, -0.2) is 19.6 Å². The minimum atomic E-state index is -0.620. The molecule has 0 aliphatic carbocycles. The largest absolute Gasteiger partial charge is 0.495 e. The van der Waals surface area contributed by atoms with E-state index in [2.05, 4.69) is 20.6 Å². The molecule has 0 amide bonds. The van der Waals surface area contributed by atoms with Crippen LogP contribution in [0.1, 0.15) is 20.7 Å². The first-order valence-corrected chi connectivity index (χ1v) is 9.53. The summed E-state index contributed by atoms with van der Waals surface area (Å²) in [5, 5.41) is 6.55. The summed E-state index contributed by atoms with van der Waals surface area (Å²) in [6.07, 6.45) is 1.30. The van der Waals surface area contributed by atoms with Crippen molar-refractivity contribution in [1.82, 2.24) is 9.97 Å². The lowest BCUT2D eigenvalue weighted by atomic mass is 10.1. The topological polar surface area (TPSA) is 138 Å². The summed E-state index contributed by atoms with van der Waals surface area (Å²) in [4.78, 5) is 32.3.